The Morgan fingerprint density at radius 1 is 1.16 bits per heavy atom. The topological polar surface area (TPSA) is 136 Å². The van der Waals surface area contributed by atoms with Gasteiger partial charge in [-0.3, -0.25) is 39.7 Å². The molecule has 1 fully saturated rings. The number of hydrazine groups is 1. The minimum atomic E-state index is -0.881. The van der Waals surface area contributed by atoms with Crippen molar-refractivity contribution >= 4 is 52.5 Å². The number of nitrogens with zero attached hydrogens (tertiary/aromatic N) is 2. The van der Waals surface area contributed by atoms with Crippen LogP contribution in [0.2, 0.25) is 10.0 Å². The Balaban J connectivity index is 1.53. The molecule has 1 N–H and O–H groups in total. The minimum Gasteiger partial charge on any atom is -0.457 e. The summed E-state index contributed by atoms with van der Waals surface area (Å²) >= 11 is 11.8. The second-order valence-corrected chi connectivity index (χ2v) is 7.65. The fourth-order valence-electron chi connectivity index (χ4n) is 2.94. The van der Waals surface area contributed by atoms with Crippen LogP contribution in [0.15, 0.2) is 42.5 Å². The highest BCUT2D eigenvalue weighted by Gasteiger charge is 2.37. The zero-order chi connectivity index (χ0) is 23.4. The number of non-ortho nitro benzene ring substituents is 1. The number of hydrogen-bond donors (Lipinski definition) is 1. The predicted octanol–water partition coefficient (Wildman–Crippen LogP) is 2.82. The number of ketones is 1. The van der Waals surface area contributed by atoms with Gasteiger partial charge in [-0.25, -0.2) is 0 Å². The molecule has 1 aliphatic rings. The van der Waals surface area contributed by atoms with Crippen molar-refractivity contribution in [1.82, 2.24) is 10.4 Å². The molecule has 2 amide bonds. The predicted molar refractivity (Wildman–Crippen MR) is 112 cm³/mol. The number of esters is 1. The number of nitro benzene ring substituents is 1. The lowest BCUT2D eigenvalue weighted by Gasteiger charge is -2.18. The van der Waals surface area contributed by atoms with Gasteiger partial charge in [0.05, 0.1) is 28.0 Å². The minimum absolute atomic E-state index is 0.0994. The van der Waals surface area contributed by atoms with Gasteiger partial charge in [0.25, 0.3) is 11.6 Å². The molecule has 0 bridgehead atoms. The van der Waals surface area contributed by atoms with E-state index in [1.165, 1.54) is 30.3 Å². The number of carbonyl (C=O) groups excluding carboxylic acids is 4. The maximum absolute atomic E-state index is 12.4. The molecule has 1 atom stereocenters. The lowest BCUT2D eigenvalue weighted by Crippen LogP contribution is -2.43. The second-order valence-electron chi connectivity index (χ2n) is 6.81. The van der Waals surface area contributed by atoms with Gasteiger partial charge < -0.3 is 4.74 Å². The summed E-state index contributed by atoms with van der Waals surface area (Å²) < 4.78 is 4.99. The molecule has 0 spiro atoms. The highest BCUT2D eigenvalue weighted by molar-refractivity contribution is 6.36. The molecule has 32 heavy (non-hydrogen) atoms. The Morgan fingerprint density at radius 2 is 1.84 bits per heavy atom. The second kappa shape index (κ2) is 9.75. The number of ether oxygens (including phenoxy) is 1. The van der Waals surface area contributed by atoms with Crippen LogP contribution >= 0.6 is 23.2 Å². The zero-order valence-electron chi connectivity index (χ0n) is 16.2. The van der Waals surface area contributed by atoms with Gasteiger partial charge >= 0.3 is 5.97 Å². The highest BCUT2D eigenvalue weighted by Crippen LogP contribution is 2.22. The largest absolute Gasteiger partial charge is 0.457 e. The van der Waals surface area contributed by atoms with Crippen LogP contribution < -0.4 is 5.43 Å². The van der Waals surface area contributed by atoms with Crippen molar-refractivity contribution in [3.05, 3.63) is 73.8 Å². The molecule has 0 radical (unpaired) electrons. The fraction of sp³-hybridized carbons (Fsp3) is 0.200. The van der Waals surface area contributed by atoms with Gasteiger partial charge in [-0.1, -0.05) is 23.2 Å². The van der Waals surface area contributed by atoms with E-state index in [9.17, 15) is 29.3 Å². The molecule has 1 heterocycles. The van der Waals surface area contributed by atoms with E-state index in [0.717, 1.165) is 17.1 Å². The Labute approximate surface area is 191 Å². The van der Waals surface area contributed by atoms with E-state index in [-0.39, 0.29) is 34.8 Å². The van der Waals surface area contributed by atoms with Gasteiger partial charge in [0.1, 0.15) is 0 Å². The number of nitro groups is 1. The van der Waals surface area contributed by atoms with Gasteiger partial charge in [-0.05, 0) is 30.3 Å². The summed E-state index contributed by atoms with van der Waals surface area (Å²) in [5.41, 5.74) is 2.45. The Kier molecular flexibility index (Phi) is 7.06. The van der Waals surface area contributed by atoms with Crippen molar-refractivity contribution in [2.24, 2.45) is 5.92 Å². The third-order valence-corrected chi connectivity index (χ3v) is 5.16. The summed E-state index contributed by atoms with van der Waals surface area (Å²) in [6.45, 7) is -0.728. The van der Waals surface area contributed by atoms with E-state index >= 15 is 0 Å². The summed E-state index contributed by atoms with van der Waals surface area (Å²) in [7, 11) is 0. The Hall–Kier alpha value is -3.50. The zero-order valence-corrected chi connectivity index (χ0v) is 17.8. The summed E-state index contributed by atoms with van der Waals surface area (Å²) in [6.07, 6.45) is -0.209. The fourth-order valence-corrected chi connectivity index (χ4v) is 3.43. The first-order valence-electron chi connectivity index (χ1n) is 9.16. The van der Waals surface area contributed by atoms with Crippen LogP contribution in [0, 0.1) is 16.0 Å². The molecule has 10 nitrogen and oxygen atoms in total. The van der Waals surface area contributed by atoms with Crippen molar-refractivity contribution in [1.29, 1.82) is 0 Å². The lowest BCUT2D eigenvalue weighted by molar-refractivity contribution is -0.384. The Bertz CT molecular complexity index is 1100. The Morgan fingerprint density at radius 3 is 2.47 bits per heavy atom. The van der Waals surface area contributed by atoms with E-state index in [2.05, 4.69) is 5.43 Å². The van der Waals surface area contributed by atoms with Crippen molar-refractivity contribution in [2.45, 2.75) is 6.42 Å². The smallest absolute Gasteiger partial charge is 0.311 e. The first kappa shape index (κ1) is 23.2. The van der Waals surface area contributed by atoms with Gasteiger partial charge in [0.15, 0.2) is 12.4 Å². The van der Waals surface area contributed by atoms with Gasteiger partial charge in [-0.2, -0.15) is 0 Å². The number of nitrogens with one attached hydrogen (secondary N) is 1. The van der Waals surface area contributed by atoms with E-state index in [1.807, 2.05) is 0 Å². The molecule has 1 aliphatic heterocycles. The number of benzene rings is 2. The number of halogens is 2. The van der Waals surface area contributed by atoms with Crippen LogP contribution in [-0.4, -0.2) is 46.7 Å². The molecule has 0 aromatic heterocycles. The van der Waals surface area contributed by atoms with Gasteiger partial charge in [0.2, 0.25) is 5.91 Å². The third kappa shape index (κ3) is 5.40. The number of rotatable bonds is 7. The van der Waals surface area contributed by atoms with Crippen molar-refractivity contribution in [2.75, 3.05) is 13.2 Å². The first-order valence-corrected chi connectivity index (χ1v) is 9.92. The summed E-state index contributed by atoms with van der Waals surface area (Å²) in [6, 6.07) is 9.09. The van der Waals surface area contributed by atoms with E-state index in [1.54, 1.807) is 0 Å². The quantitative estimate of drug-likeness (QED) is 0.279. The molecule has 1 saturated heterocycles. The third-order valence-electron chi connectivity index (χ3n) is 4.62. The molecule has 12 heteroatoms. The maximum atomic E-state index is 12.4. The van der Waals surface area contributed by atoms with Crippen LogP contribution in [0.1, 0.15) is 27.1 Å². The van der Waals surface area contributed by atoms with Crippen LogP contribution in [0.4, 0.5) is 5.69 Å². The SMILES string of the molecule is O=C(COC(=O)C1CC(=O)N(NC(=O)c2ccc(Cl)cc2Cl)C1)c1ccc([N+](=O)[O-])cc1. The summed E-state index contributed by atoms with van der Waals surface area (Å²) in [5.74, 6) is -3.38. The van der Waals surface area contributed by atoms with Gasteiger partial charge in [-0.15, -0.1) is 0 Å². The molecular weight excluding hydrogens is 465 g/mol. The van der Waals surface area contributed by atoms with E-state index in [0.29, 0.717) is 5.02 Å². The average molecular weight is 480 g/mol. The van der Waals surface area contributed by atoms with E-state index < -0.39 is 41.0 Å². The molecule has 1 unspecified atom stereocenters. The number of carbonyl (C=O) groups is 4. The van der Waals surface area contributed by atoms with E-state index in [4.69, 9.17) is 27.9 Å². The molecule has 0 saturated carbocycles. The lowest BCUT2D eigenvalue weighted by atomic mass is 10.1. The van der Waals surface area contributed by atoms with Crippen molar-refractivity contribution in [3.63, 3.8) is 0 Å². The molecule has 0 aliphatic carbocycles. The molecule has 3 rings (SSSR count). The average Bonchev–Trinajstić information content (AvgIpc) is 3.12. The summed E-state index contributed by atoms with van der Waals surface area (Å²) in [5, 5.41) is 12.1. The van der Waals surface area contributed by atoms with Crippen LogP contribution in [0.25, 0.3) is 0 Å². The molecule has 166 valence electrons. The highest BCUT2D eigenvalue weighted by atomic mass is 35.5. The van der Waals surface area contributed by atoms with Crippen molar-refractivity contribution in [3.8, 4) is 0 Å². The van der Waals surface area contributed by atoms with Gasteiger partial charge in [0, 0.05) is 29.1 Å². The monoisotopic (exact) mass is 479 g/mol. The standard InChI is InChI=1S/C20H15Cl2N3O7/c21-13-3-6-15(16(22)8-13)19(28)23-24-9-12(7-18(24)27)20(29)32-10-17(26)11-1-4-14(5-2-11)25(30)31/h1-6,8,12H,7,9-10H2,(H,23,28). The normalized spacial score (nSPS) is 15.4. The molecular formula is C20H15Cl2N3O7. The van der Waals surface area contributed by atoms with Crippen LogP contribution in [0.3, 0.4) is 0 Å². The molecule has 2 aromatic carbocycles. The summed E-state index contributed by atoms with van der Waals surface area (Å²) in [4.78, 5) is 59.0. The maximum Gasteiger partial charge on any atom is 0.311 e. The van der Waals surface area contributed by atoms with Crippen LogP contribution in [0.5, 0.6) is 0 Å². The first-order chi connectivity index (χ1) is 15.2. The number of Topliss-reactive ketones (excluding diaryl/α,β-unsaturated/α-hetero) is 1. The number of amides is 2. The van der Waals surface area contributed by atoms with Crippen LogP contribution in [-0.2, 0) is 14.3 Å². The molecule has 2 aromatic rings. The number of hydrogen-bond acceptors (Lipinski definition) is 7. The van der Waals surface area contributed by atoms with Crippen molar-refractivity contribution < 1.29 is 28.8 Å².